The summed E-state index contributed by atoms with van der Waals surface area (Å²) in [5.41, 5.74) is 2.64. The Kier molecular flexibility index (Phi) is 4.89. The van der Waals surface area contributed by atoms with E-state index >= 15 is 0 Å². The molecule has 1 rings (SSSR count). The molecule has 0 saturated heterocycles. The maximum atomic E-state index is 12.8. The maximum absolute atomic E-state index is 12.8. The third kappa shape index (κ3) is 3.90. The third-order valence-corrected chi connectivity index (χ3v) is 2.41. The Morgan fingerprint density at radius 1 is 1.56 bits per heavy atom. The summed E-state index contributed by atoms with van der Waals surface area (Å²) in [5.74, 6) is -0.462. The number of halogens is 2. The molecule has 5 heteroatoms. The van der Waals surface area contributed by atoms with Crippen LogP contribution in [-0.2, 0) is 4.84 Å². The number of amides is 1. The molecule has 0 bridgehead atoms. The Labute approximate surface area is 102 Å². The largest absolute Gasteiger partial charge is 0.275 e. The minimum Gasteiger partial charge on any atom is -0.273 e. The molecule has 1 N–H and O–H groups in total. The lowest BCUT2D eigenvalue weighted by molar-refractivity contribution is 0.0208. The van der Waals surface area contributed by atoms with Crippen LogP contribution in [0, 0.1) is 11.7 Å². The fraction of sp³-hybridized carbons (Fsp3) is 0.364. The summed E-state index contributed by atoms with van der Waals surface area (Å²) < 4.78 is 13.2. The van der Waals surface area contributed by atoms with Gasteiger partial charge >= 0.3 is 0 Å². The molecular formula is C11H13BrFNO2. The van der Waals surface area contributed by atoms with Crippen molar-refractivity contribution in [1.82, 2.24) is 5.48 Å². The molecule has 0 aliphatic heterocycles. The van der Waals surface area contributed by atoms with E-state index in [1.807, 2.05) is 13.8 Å². The highest BCUT2D eigenvalue weighted by atomic mass is 79.9. The van der Waals surface area contributed by atoms with Gasteiger partial charge in [0.25, 0.3) is 5.91 Å². The molecule has 0 aromatic heterocycles. The minimum absolute atomic E-state index is 0.331. The highest BCUT2D eigenvalue weighted by Gasteiger charge is 2.10. The second-order valence-electron chi connectivity index (χ2n) is 3.76. The van der Waals surface area contributed by atoms with E-state index in [0.717, 1.165) is 0 Å². The molecule has 1 aromatic rings. The molecule has 0 aliphatic rings. The molecule has 1 amide bonds. The molecule has 0 heterocycles. The van der Waals surface area contributed by atoms with Crippen LogP contribution >= 0.6 is 15.9 Å². The number of rotatable bonds is 4. The average molecular weight is 290 g/mol. The summed E-state index contributed by atoms with van der Waals surface area (Å²) in [7, 11) is 0. The van der Waals surface area contributed by atoms with Gasteiger partial charge in [0, 0.05) is 4.47 Å². The van der Waals surface area contributed by atoms with Crippen molar-refractivity contribution in [2.45, 2.75) is 13.8 Å². The van der Waals surface area contributed by atoms with Crippen LogP contribution in [0.4, 0.5) is 4.39 Å². The van der Waals surface area contributed by atoms with Gasteiger partial charge in [-0.3, -0.25) is 9.63 Å². The fourth-order valence-electron chi connectivity index (χ4n) is 1.00. The molecule has 0 unspecified atom stereocenters. The minimum atomic E-state index is -0.397. The van der Waals surface area contributed by atoms with Crippen LogP contribution in [0.25, 0.3) is 0 Å². The Morgan fingerprint density at radius 3 is 2.81 bits per heavy atom. The summed E-state index contributed by atoms with van der Waals surface area (Å²) in [5, 5.41) is 0. The van der Waals surface area contributed by atoms with E-state index in [0.29, 0.717) is 22.6 Å². The first-order chi connectivity index (χ1) is 7.50. The molecular weight excluding hydrogens is 277 g/mol. The summed E-state index contributed by atoms with van der Waals surface area (Å²) in [6, 6.07) is 3.85. The quantitative estimate of drug-likeness (QED) is 0.866. The van der Waals surface area contributed by atoms with Gasteiger partial charge in [0.05, 0.1) is 12.2 Å². The van der Waals surface area contributed by atoms with Crippen molar-refractivity contribution in [3.8, 4) is 0 Å². The van der Waals surface area contributed by atoms with Crippen LogP contribution in [-0.4, -0.2) is 12.5 Å². The van der Waals surface area contributed by atoms with Crippen molar-refractivity contribution in [3.05, 3.63) is 34.1 Å². The summed E-state index contributed by atoms with van der Waals surface area (Å²) in [6.07, 6.45) is 0. The van der Waals surface area contributed by atoms with Crippen LogP contribution in [0.1, 0.15) is 24.2 Å². The van der Waals surface area contributed by atoms with E-state index < -0.39 is 11.7 Å². The number of hydrogen-bond acceptors (Lipinski definition) is 2. The van der Waals surface area contributed by atoms with Crippen molar-refractivity contribution in [3.63, 3.8) is 0 Å². The zero-order chi connectivity index (χ0) is 12.1. The highest BCUT2D eigenvalue weighted by Crippen LogP contribution is 2.17. The molecule has 16 heavy (non-hydrogen) atoms. The Balaban J connectivity index is 2.59. The normalized spacial score (nSPS) is 10.6. The lowest BCUT2D eigenvalue weighted by atomic mass is 10.2. The molecule has 0 aliphatic carbocycles. The van der Waals surface area contributed by atoms with Gasteiger partial charge in [-0.15, -0.1) is 0 Å². The van der Waals surface area contributed by atoms with E-state index in [1.54, 1.807) is 0 Å². The monoisotopic (exact) mass is 289 g/mol. The Hall–Kier alpha value is -0.940. The van der Waals surface area contributed by atoms with Gasteiger partial charge in [0.2, 0.25) is 0 Å². The molecule has 3 nitrogen and oxygen atoms in total. The van der Waals surface area contributed by atoms with Crippen LogP contribution in [0.3, 0.4) is 0 Å². The lowest BCUT2D eigenvalue weighted by Crippen LogP contribution is -2.25. The molecule has 0 saturated carbocycles. The first-order valence-corrected chi connectivity index (χ1v) is 5.67. The standard InChI is InChI=1S/C11H13BrFNO2/c1-7(2)6-16-14-11(15)9-4-3-8(13)5-10(9)12/h3-5,7H,6H2,1-2H3,(H,14,15). The first-order valence-electron chi connectivity index (χ1n) is 4.88. The molecule has 0 radical (unpaired) electrons. The topological polar surface area (TPSA) is 38.3 Å². The van der Waals surface area contributed by atoms with Gasteiger partial charge < -0.3 is 0 Å². The van der Waals surface area contributed by atoms with Crippen LogP contribution < -0.4 is 5.48 Å². The predicted octanol–water partition coefficient (Wildman–Crippen LogP) is 2.91. The van der Waals surface area contributed by atoms with Crippen molar-refractivity contribution in [2.75, 3.05) is 6.61 Å². The molecule has 1 aromatic carbocycles. The van der Waals surface area contributed by atoms with Gasteiger partial charge in [-0.05, 0) is 40.0 Å². The van der Waals surface area contributed by atoms with Gasteiger partial charge in [0.1, 0.15) is 5.82 Å². The second kappa shape index (κ2) is 5.96. The number of nitrogens with one attached hydrogen (secondary N) is 1. The fourth-order valence-corrected chi connectivity index (χ4v) is 1.53. The zero-order valence-corrected chi connectivity index (χ0v) is 10.7. The second-order valence-corrected chi connectivity index (χ2v) is 4.61. The van der Waals surface area contributed by atoms with Gasteiger partial charge in [-0.2, -0.15) is 0 Å². The molecule has 0 fully saturated rings. The van der Waals surface area contributed by atoms with Crippen molar-refractivity contribution in [2.24, 2.45) is 5.92 Å². The van der Waals surface area contributed by atoms with E-state index in [9.17, 15) is 9.18 Å². The Bertz CT molecular complexity index is 382. The number of hydroxylamine groups is 1. The highest BCUT2D eigenvalue weighted by molar-refractivity contribution is 9.10. The molecule has 0 atom stereocenters. The molecule has 0 spiro atoms. The number of carbonyl (C=O) groups excluding carboxylic acids is 1. The summed E-state index contributed by atoms with van der Waals surface area (Å²) in [6.45, 7) is 4.38. The zero-order valence-electron chi connectivity index (χ0n) is 9.09. The predicted molar refractivity (Wildman–Crippen MR) is 62.4 cm³/mol. The SMILES string of the molecule is CC(C)CONC(=O)c1ccc(F)cc1Br. The number of hydrogen-bond donors (Lipinski definition) is 1. The van der Waals surface area contributed by atoms with E-state index in [-0.39, 0.29) is 0 Å². The van der Waals surface area contributed by atoms with E-state index in [1.165, 1.54) is 18.2 Å². The summed E-state index contributed by atoms with van der Waals surface area (Å²) in [4.78, 5) is 16.6. The first kappa shape index (κ1) is 13.1. The molecule has 88 valence electrons. The Morgan fingerprint density at radius 2 is 2.25 bits per heavy atom. The summed E-state index contributed by atoms with van der Waals surface area (Å²) >= 11 is 3.11. The van der Waals surface area contributed by atoms with Crippen LogP contribution in [0.15, 0.2) is 22.7 Å². The lowest BCUT2D eigenvalue weighted by Gasteiger charge is -2.08. The number of carbonyl (C=O) groups is 1. The van der Waals surface area contributed by atoms with Crippen molar-refractivity contribution in [1.29, 1.82) is 0 Å². The van der Waals surface area contributed by atoms with Crippen molar-refractivity contribution >= 4 is 21.8 Å². The van der Waals surface area contributed by atoms with Crippen molar-refractivity contribution < 1.29 is 14.0 Å². The van der Waals surface area contributed by atoms with Gasteiger partial charge in [0.15, 0.2) is 0 Å². The van der Waals surface area contributed by atoms with E-state index in [4.69, 9.17) is 4.84 Å². The maximum Gasteiger partial charge on any atom is 0.275 e. The average Bonchev–Trinajstić information content (AvgIpc) is 2.16. The van der Waals surface area contributed by atoms with Gasteiger partial charge in [-0.1, -0.05) is 13.8 Å². The third-order valence-electron chi connectivity index (χ3n) is 1.76. The number of benzene rings is 1. The van der Waals surface area contributed by atoms with E-state index in [2.05, 4.69) is 21.4 Å². The van der Waals surface area contributed by atoms with Crippen LogP contribution in [0.5, 0.6) is 0 Å². The smallest absolute Gasteiger partial charge is 0.273 e. The van der Waals surface area contributed by atoms with Crippen LogP contribution in [0.2, 0.25) is 0 Å². The van der Waals surface area contributed by atoms with Gasteiger partial charge in [-0.25, -0.2) is 9.87 Å².